The maximum atomic E-state index is 12.7. The fourth-order valence-electron chi connectivity index (χ4n) is 3.43. The Labute approximate surface area is 165 Å². The number of ether oxygens (including phenoxy) is 3. The van der Waals surface area contributed by atoms with Gasteiger partial charge in [0.2, 0.25) is 0 Å². The molecule has 0 atom stereocenters. The highest BCUT2D eigenvalue weighted by atomic mass is 16.5. The van der Waals surface area contributed by atoms with Gasteiger partial charge in [-0.15, -0.1) is 0 Å². The summed E-state index contributed by atoms with van der Waals surface area (Å²) in [7, 11) is 4.85. The minimum Gasteiger partial charge on any atom is -0.496 e. The van der Waals surface area contributed by atoms with Crippen molar-refractivity contribution in [2.24, 2.45) is 0 Å². The first-order valence-corrected chi connectivity index (χ1v) is 9.40. The first kappa shape index (κ1) is 20.2. The van der Waals surface area contributed by atoms with E-state index in [4.69, 9.17) is 19.2 Å². The molecule has 7 nitrogen and oxygen atoms in total. The van der Waals surface area contributed by atoms with Crippen molar-refractivity contribution in [3.8, 4) is 17.2 Å². The van der Waals surface area contributed by atoms with Gasteiger partial charge in [0, 0.05) is 43.1 Å². The first-order chi connectivity index (χ1) is 13.3. The SMILES string of the molecule is COc1cc(OC)c(OC)cc1CN1CCc2nc(C(C)(C)C)[nH]c(=O)c2C1. The molecule has 0 aliphatic carbocycles. The lowest BCUT2D eigenvalue weighted by molar-refractivity contribution is 0.236. The number of methoxy groups -OCH3 is 3. The Morgan fingerprint density at radius 1 is 1.07 bits per heavy atom. The molecule has 7 heteroatoms. The molecule has 0 amide bonds. The molecule has 1 N–H and O–H groups in total. The number of aromatic nitrogens is 2. The number of hydrogen-bond donors (Lipinski definition) is 1. The van der Waals surface area contributed by atoms with Gasteiger partial charge in [0.15, 0.2) is 11.5 Å². The second-order valence-electron chi connectivity index (χ2n) is 8.07. The molecule has 0 fully saturated rings. The number of rotatable bonds is 5. The summed E-state index contributed by atoms with van der Waals surface area (Å²) < 4.78 is 16.3. The van der Waals surface area contributed by atoms with Gasteiger partial charge < -0.3 is 19.2 Å². The van der Waals surface area contributed by atoms with Gasteiger partial charge in [0.1, 0.15) is 11.6 Å². The van der Waals surface area contributed by atoms with Gasteiger partial charge in [-0.3, -0.25) is 9.69 Å². The molecule has 28 heavy (non-hydrogen) atoms. The summed E-state index contributed by atoms with van der Waals surface area (Å²) in [5, 5.41) is 0. The number of hydrogen-bond acceptors (Lipinski definition) is 6. The Morgan fingerprint density at radius 3 is 2.32 bits per heavy atom. The molecule has 2 heterocycles. The molecular weight excluding hydrogens is 358 g/mol. The zero-order valence-corrected chi connectivity index (χ0v) is 17.5. The van der Waals surface area contributed by atoms with Gasteiger partial charge in [0.05, 0.1) is 32.6 Å². The molecule has 0 unspecified atom stereocenters. The predicted octanol–water partition coefficient (Wildman–Crippen LogP) is 2.65. The molecule has 1 aliphatic rings. The Hall–Kier alpha value is -2.54. The molecule has 2 aromatic rings. The van der Waals surface area contributed by atoms with Crippen LogP contribution in [0.25, 0.3) is 0 Å². The summed E-state index contributed by atoms with van der Waals surface area (Å²) in [5.41, 5.74) is 2.42. The highest BCUT2D eigenvalue weighted by Crippen LogP contribution is 2.35. The fraction of sp³-hybridized carbons (Fsp3) is 0.524. The molecular formula is C21H29N3O4. The normalized spacial score (nSPS) is 14.5. The van der Waals surface area contributed by atoms with Crippen molar-refractivity contribution >= 4 is 0 Å². The smallest absolute Gasteiger partial charge is 0.255 e. The number of fused-ring (bicyclic) bond motifs is 1. The topological polar surface area (TPSA) is 76.7 Å². The van der Waals surface area contributed by atoms with Crippen LogP contribution < -0.4 is 19.8 Å². The average Bonchev–Trinajstić information content (AvgIpc) is 2.67. The van der Waals surface area contributed by atoms with Crippen LogP contribution in [0.3, 0.4) is 0 Å². The van der Waals surface area contributed by atoms with E-state index in [1.807, 2.05) is 12.1 Å². The van der Waals surface area contributed by atoms with E-state index in [9.17, 15) is 4.79 Å². The van der Waals surface area contributed by atoms with Crippen molar-refractivity contribution in [3.05, 3.63) is 45.1 Å². The summed E-state index contributed by atoms with van der Waals surface area (Å²) in [6.45, 7) is 8.18. The maximum Gasteiger partial charge on any atom is 0.255 e. The molecule has 1 aromatic heterocycles. The van der Waals surface area contributed by atoms with Crippen LogP contribution in [0.2, 0.25) is 0 Å². The molecule has 152 valence electrons. The highest BCUT2D eigenvalue weighted by molar-refractivity contribution is 5.50. The van der Waals surface area contributed by atoms with Crippen LogP contribution in [-0.4, -0.2) is 42.7 Å². The van der Waals surface area contributed by atoms with E-state index in [0.29, 0.717) is 24.6 Å². The van der Waals surface area contributed by atoms with Crippen LogP contribution in [0.5, 0.6) is 17.2 Å². The number of aromatic amines is 1. The predicted molar refractivity (Wildman–Crippen MR) is 107 cm³/mol. The lowest BCUT2D eigenvalue weighted by Gasteiger charge is -2.29. The standard InChI is InChI=1S/C21H29N3O4/c1-21(2,3)20-22-15-7-8-24(12-14(15)19(25)23-20)11-13-9-17(27-5)18(28-6)10-16(13)26-4/h9-10H,7-8,11-12H2,1-6H3,(H,22,23,25). The Bertz CT molecular complexity index is 915. The van der Waals surface area contributed by atoms with Crippen LogP contribution in [0, 0.1) is 0 Å². The average molecular weight is 387 g/mol. The van der Waals surface area contributed by atoms with Crippen molar-refractivity contribution in [1.29, 1.82) is 0 Å². The van der Waals surface area contributed by atoms with Crippen molar-refractivity contribution < 1.29 is 14.2 Å². The van der Waals surface area contributed by atoms with E-state index in [1.54, 1.807) is 21.3 Å². The second-order valence-corrected chi connectivity index (χ2v) is 8.07. The third-order valence-corrected chi connectivity index (χ3v) is 5.04. The van der Waals surface area contributed by atoms with Crippen molar-refractivity contribution in [2.45, 2.75) is 45.7 Å². The zero-order valence-electron chi connectivity index (χ0n) is 17.5. The third-order valence-electron chi connectivity index (χ3n) is 5.04. The first-order valence-electron chi connectivity index (χ1n) is 9.40. The molecule has 0 radical (unpaired) electrons. The fourth-order valence-corrected chi connectivity index (χ4v) is 3.43. The van der Waals surface area contributed by atoms with E-state index in [0.717, 1.165) is 41.4 Å². The lowest BCUT2D eigenvalue weighted by Crippen LogP contribution is -2.37. The van der Waals surface area contributed by atoms with Crippen LogP contribution in [0.15, 0.2) is 16.9 Å². The minimum absolute atomic E-state index is 0.0427. The number of benzene rings is 1. The number of H-pyrrole nitrogens is 1. The Balaban J connectivity index is 1.87. The lowest BCUT2D eigenvalue weighted by atomic mass is 9.95. The largest absolute Gasteiger partial charge is 0.496 e. The monoisotopic (exact) mass is 387 g/mol. The molecule has 0 saturated carbocycles. The van der Waals surface area contributed by atoms with Gasteiger partial charge in [-0.05, 0) is 6.07 Å². The van der Waals surface area contributed by atoms with Gasteiger partial charge in [0.25, 0.3) is 5.56 Å². The molecule has 1 aliphatic heterocycles. The summed E-state index contributed by atoms with van der Waals surface area (Å²) in [4.78, 5) is 22.6. The summed E-state index contributed by atoms with van der Waals surface area (Å²) in [5.74, 6) is 2.76. The molecule has 3 rings (SSSR count). The van der Waals surface area contributed by atoms with Crippen LogP contribution in [-0.2, 0) is 24.9 Å². The van der Waals surface area contributed by atoms with Gasteiger partial charge in [-0.2, -0.15) is 0 Å². The van der Waals surface area contributed by atoms with Crippen molar-refractivity contribution in [2.75, 3.05) is 27.9 Å². The van der Waals surface area contributed by atoms with E-state index < -0.39 is 0 Å². The van der Waals surface area contributed by atoms with Crippen molar-refractivity contribution in [3.63, 3.8) is 0 Å². The molecule has 1 aromatic carbocycles. The highest BCUT2D eigenvalue weighted by Gasteiger charge is 2.25. The van der Waals surface area contributed by atoms with Gasteiger partial charge in [-0.1, -0.05) is 20.8 Å². The molecule has 0 spiro atoms. The quantitative estimate of drug-likeness (QED) is 0.850. The molecule has 0 bridgehead atoms. The van der Waals surface area contributed by atoms with Crippen LogP contribution >= 0.6 is 0 Å². The summed E-state index contributed by atoms with van der Waals surface area (Å²) in [6.07, 6.45) is 0.748. The maximum absolute atomic E-state index is 12.7. The third kappa shape index (κ3) is 3.99. The second kappa shape index (κ2) is 7.83. The summed E-state index contributed by atoms with van der Waals surface area (Å²) in [6, 6.07) is 3.76. The van der Waals surface area contributed by atoms with Crippen molar-refractivity contribution in [1.82, 2.24) is 14.9 Å². The molecule has 0 saturated heterocycles. The number of nitrogens with zero attached hydrogens (tertiary/aromatic N) is 2. The van der Waals surface area contributed by atoms with Gasteiger partial charge in [-0.25, -0.2) is 4.98 Å². The van der Waals surface area contributed by atoms with Gasteiger partial charge >= 0.3 is 0 Å². The van der Waals surface area contributed by atoms with E-state index in [-0.39, 0.29) is 11.0 Å². The summed E-state index contributed by atoms with van der Waals surface area (Å²) >= 11 is 0. The number of nitrogens with one attached hydrogen (secondary N) is 1. The Morgan fingerprint density at radius 2 is 1.71 bits per heavy atom. The zero-order chi connectivity index (χ0) is 20.5. The minimum atomic E-state index is -0.182. The van der Waals surface area contributed by atoms with E-state index in [2.05, 4.69) is 30.7 Å². The van der Waals surface area contributed by atoms with E-state index >= 15 is 0 Å². The van der Waals surface area contributed by atoms with E-state index in [1.165, 1.54) is 0 Å². The Kier molecular flexibility index (Phi) is 5.65. The van der Waals surface area contributed by atoms with Crippen LogP contribution in [0.1, 0.15) is 43.4 Å². The van der Waals surface area contributed by atoms with Crippen LogP contribution in [0.4, 0.5) is 0 Å².